The fourth-order valence-corrected chi connectivity index (χ4v) is 3.42. The molecule has 0 heterocycles. The van der Waals surface area contributed by atoms with Crippen LogP contribution in [0.5, 0.6) is 0 Å². The number of rotatable bonds is 3. The third kappa shape index (κ3) is 3.51. The maximum atomic E-state index is 10.4. The second kappa shape index (κ2) is 5.56. The van der Waals surface area contributed by atoms with E-state index in [0.29, 0.717) is 0 Å². The van der Waals surface area contributed by atoms with Gasteiger partial charge in [0.25, 0.3) is 0 Å². The van der Waals surface area contributed by atoms with Crippen molar-refractivity contribution in [2.75, 3.05) is 5.75 Å². The predicted octanol–water partition coefficient (Wildman–Crippen LogP) is 4.24. The largest absolute Gasteiger partial charge is 0.389 e. The van der Waals surface area contributed by atoms with Crippen molar-refractivity contribution in [3.63, 3.8) is 0 Å². The Morgan fingerprint density at radius 2 is 1.75 bits per heavy atom. The van der Waals surface area contributed by atoms with Crippen LogP contribution in [0.25, 0.3) is 0 Å². The van der Waals surface area contributed by atoms with E-state index in [9.17, 15) is 5.11 Å². The van der Waals surface area contributed by atoms with E-state index < -0.39 is 5.60 Å². The fourth-order valence-electron chi connectivity index (χ4n) is 2.10. The maximum absolute atomic E-state index is 10.4. The van der Waals surface area contributed by atoms with Gasteiger partial charge in [0.05, 0.1) is 5.60 Å². The Balaban J connectivity index is 1.88. The molecule has 1 aliphatic rings. The summed E-state index contributed by atoms with van der Waals surface area (Å²) in [5.74, 6) is 0.828. The lowest BCUT2D eigenvalue weighted by Crippen LogP contribution is -2.33. The van der Waals surface area contributed by atoms with Gasteiger partial charge in [-0.3, -0.25) is 0 Å². The van der Waals surface area contributed by atoms with E-state index in [1.54, 1.807) is 11.8 Å². The molecule has 1 nitrogen and oxygen atoms in total. The van der Waals surface area contributed by atoms with E-state index in [1.165, 1.54) is 24.2 Å². The highest BCUT2D eigenvalue weighted by Crippen LogP contribution is 2.33. The molecule has 0 spiro atoms. The zero-order valence-electron chi connectivity index (χ0n) is 9.29. The quantitative estimate of drug-likeness (QED) is 0.843. The Morgan fingerprint density at radius 3 is 2.38 bits per heavy atom. The molecular weight excluding hydrogens is 284 g/mol. The van der Waals surface area contributed by atoms with Gasteiger partial charge < -0.3 is 5.11 Å². The van der Waals surface area contributed by atoms with Crippen LogP contribution in [0.3, 0.4) is 0 Å². The van der Waals surface area contributed by atoms with Gasteiger partial charge in [0.2, 0.25) is 0 Å². The number of aliphatic hydroxyl groups is 1. The highest BCUT2D eigenvalue weighted by molar-refractivity contribution is 9.10. The molecule has 1 N–H and O–H groups in total. The van der Waals surface area contributed by atoms with Crippen molar-refractivity contribution in [2.24, 2.45) is 0 Å². The summed E-state index contributed by atoms with van der Waals surface area (Å²) in [5, 5.41) is 10.4. The normalized spacial score (nSPS) is 19.6. The summed E-state index contributed by atoms with van der Waals surface area (Å²) < 4.78 is 1.10. The fraction of sp³-hybridized carbons (Fsp3) is 0.538. The average molecular weight is 301 g/mol. The molecule has 0 atom stereocenters. The summed E-state index contributed by atoms with van der Waals surface area (Å²) in [7, 11) is 0. The molecule has 1 aromatic rings. The minimum absolute atomic E-state index is 0.421. The van der Waals surface area contributed by atoms with Gasteiger partial charge in [-0.15, -0.1) is 11.8 Å². The summed E-state index contributed by atoms with van der Waals surface area (Å²) >= 11 is 5.19. The zero-order chi connectivity index (χ0) is 11.4. The average Bonchev–Trinajstić information content (AvgIpc) is 2.29. The van der Waals surface area contributed by atoms with Gasteiger partial charge in [0, 0.05) is 15.1 Å². The SMILES string of the molecule is OC1(CSc2ccc(Br)cc2)CCCCC1. The summed E-state index contributed by atoms with van der Waals surface area (Å²) in [5.41, 5.74) is -0.421. The van der Waals surface area contributed by atoms with Crippen LogP contribution in [-0.2, 0) is 0 Å². The Kier molecular flexibility index (Phi) is 4.34. The summed E-state index contributed by atoms with van der Waals surface area (Å²) in [6, 6.07) is 8.29. The van der Waals surface area contributed by atoms with E-state index in [2.05, 4.69) is 28.1 Å². The van der Waals surface area contributed by atoms with E-state index in [4.69, 9.17) is 0 Å². The van der Waals surface area contributed by atoms with Gasteiger partial charge in [-0.1, -0.05) is 35.2 Å². The second-order valence-corrected chi connectivity index (χ2v) is 6.49. The minimum atomic E-state index is -0.421. The molecule has 16 heavy (non-hydrogen) atoms. The first-order chi connectivity index (χ1) is 7.68. The number of benzene rings is 1. The summed E-state index contributed by atoms with van der Waals surface area (Å²) in [4.78, 5) is 1.24. The molecule has 1 fully saturated rings. The van der Waals surface area contributed by atoms with Crippen molar-refractivity contribution in [2.45, 2.75) is 42.6 Å². The lowest BCUT2D eigenvalue weighted by atomic mass is 9.86. The van der Waals surface area contributed by atoms with Crippen LogP contribution in [-0.4, -0.2) is 16.5 Å². The van der Waals surface area contributed by atoms with Crippen molar-refractivity contribution in [1.29, 1.82) is 0 Å². The molecule has 0 aromatic heterocycles. The van der Waals surface area contributed by atoms with Crippen molar-refractivity contribution in [3.05, 3.63) is 28.7 Å². The smallest absolute Gasteiger partial charge is 0.0741 e. The van der Waals surface area contributed by atoms with E-state index in [-0.39, 0.29) is 0 Å². The number of halogens is 1. The van der Waals surface area contributed by atoms with E-state index >= 15 is 0 Å². The summed E-state index contributed by atoms with van der Waals surface area (Å²) in [6.07, 6.45) is 5.58. The van der Waals surface area contributed by atoms with Crippen LogP contribution in [0, 0.1) is 0 Å². The van der Waals surface area contributed by atoms with E-state index in [0.717, 1.165) is 23.1 Å². The van der Waals surface area contributed by atoms with Crippen molar-refractivity contribution in [3.8, 4) is 0 Å². The Morgan fingerprint density at radius 1 is 1.12 bits per heavy atom. The molecule has 1 aromatic carbocycles. The van der Waals surface area contributed by atoms with Crippen LogP contribution >= 0.6 is 27.7 Å². The van der Waals surface area contributed by atoms with Gasteiger partial charge >= 0.3 is 0 Å². The van der Waals surface area contributed by atoms with Gasteiger partial charge in [0.1, 0.15) is 0 Å². The topological polar surface area (TPSA) is 20.2 Å². The molecule has 0 amide bonds. The Labute approximate surface area is 110 Å². The van der Waals surface area contributed by atoms with Gasteiger partial charge in [-0.25, -0.2) is 0 Å². The number of hydrogen-bond donors (Lipinski definition) is 1. The van der Waals surface area contributed by atoms with Crippen LogP contribution < -0.4 is 0 Å². The Bertz CT molecular complexity index is 330. The molecule has 0 unspecified atom stereocenters. The van der Waals surface area contributed by atoms with Crippen molar-refractivity contribution >= 4 is 27.7 Å². The second-order valence-electron chi connectivity index (χ2n) is 4.53. The molecule has 3 heteroatoms. The molecule has 2 rings (SSSR count). The van der Waals surface area contributed by atoms with Crippen LogP contribution in [0.4, 0.5) is 0 Å². The van der Waals surface area contributed by atoms with Gasteiger partial charge in [-0.2, -0.15) is 0 Å². The number of thioether (sulfide) groups is 1. The Hall–Kier alpha value is 0.01000. The molecule has 0 bridgehead atoms. The lowest BCUT2D eigenvalue weighted by Gasteiger charge is -2.31. The minimum Gasteiger partial charge on any atom is -0.389 e. The maximum Gasteiger partial charge on any atom is 0.0741 e. The summed E-state index contributed by atoms with van der Waals surface area (Å²) in [6.45, 7) is 0. The number of hydrogen-bond acceptors (Lipinski definition) is 2. The van der Waals surface area contributed by atoms with Crippen LogP contribution in [0.15, 0.2) is 33.6 Å². The molecular formula is C13H17BrOS. The van der Waals surface area contributed by atoms with Crippen molar-refractivity contribution in [1.82, 2.24) is 0 Å². The molecule has 0 aliphatic heterocycles. The predicted molar refractivity (Wildman–Crippen MR) is 72.9 cm³/mol. The first-order valence-corrected chi connectivity index (χ1v) is 7.57. The standard InChI is InChI=1S/C13H17BrOS/c14-11-4-6-12(7-5-11)16-10-13(15)8-2-1-3-9-13/h4-7,15H,1-3,8-10H2. The first-order valence-electron chi connectivity index (χ1n) is 5.79. The molecule has 1 aliphatic carbocycles. The van der Waals surface area contributed by atoms with Gasteiger partial charge in [-0.05, 0) is 37.1 Å². The van der Waals surface area contributed by atoms with Crippen molar-refractivity contribution < 1.29 is 5.11 Å². The van der Waals surface area contributed by atoms with Crippen LogP contribution in [0.1, 0.15) is 32.1 Å². The molecule has 0 saturated heterocycles. The highest BCUT2D eigenvalue weighted by atomic mass is 79.9. The zero-order valence-corrected chi connectivity index (χ0v) is 11.7. The first kappa shape index (κ1) is 12.5. The monoisotopic (exact) mass is 300 g/mol. The molecule has 88 valence electrons. The lowest BCUT2D eigenvalue weighted by molar-refractivity contribution is 0.0273. The third-order valence-corrected chi connectivity index (χ3v) is 4.92. The highest BCUT2D eigenvalue weighted by Gasteiger charge is 2.28. The third-order valence-electron chi connectivity index (χ3n) is 3.11. The van der Waals surface area contributed by atoms with E-state index in [1.807, 2.05) is 12.1 Å². The molecule has 1 saturated carbocycles. The van der Waals surface area contributed by atoms with Crippen LogP contribution in [0.2, 0.25) is 0 Å². The van der Waals surface area contributed by atoms with Gasteiger partial charge in [0.15, 0.2) is 0 Å². The molecule has 0 radical (unpaired) electrons.